The van der Waals surface area contributed by atoms with Gasteiger partial charge in [-0.3, -0.25) is 0 Å². The third-order valence-electron chi connectivity index (χ3n) is 2.92. The number of nitrogens with one attached hydrogen (secondary N) is 1. The zero-order valence-corrected chi connectivity index (χ0v) is 14.9. The van der Waals surface area contributed by atoms with E-state index in [1.54, 1.807) is 0 Å². The van der Waals surface area contributed by atoms with E-state index in [0.29, 0.717) is 5.69 Å². The van der Waals surface area contributed by atoms with Gasteiger partial charge in [-0.25, -0.2) is 8.78 Å². The maximum absolute atomic E-state index is 13.3. The summed E-state index contributed by atoms with van der Waals surface area (Å²) in [6, 6.07) is 4.04. The molecule has 0 aromatic heterocycles. The Kier molecular flexibility index (Phi) is 11.0. The Morgan fingerprint density at radius 1 is 1.17 bits per heavy atom. The zero-order chi connectivity index (χ0) is 17.8. The molecule has 0 bridgehead atoms. The molecule has 0 saturated carbocycles. The zero-order valence-electron chi connectivity index (χ0n) is 14.9. The van der Waals surface area contributed by atoms with Crippen LogP contribution in [-0.2, 0) is 0 Å². The lowest BCUT2D eigenvalue weighted by Crippen LogP contribution is -2.23. The largest absolute Gasteiger partial charge is 0.381 e. The Balaban J connectivity index is 0.000000704. The molecular formula is C18H29F2N3. The number of hydrogen-bond acceptors (Lipinski definition) is 3. The van der Waals surface area contributed by atoms with Crippen molar-refractivity contribution >= 4 is 5.69 Å². The van der Waals surface area contributed by atoms with Gasteiger partial charge in [0.05, 0.1) is 0 Å². The molecule has 2 rings (SSSR count). The molecule has 1 atom stereocenters. The Morgan fingerprint density at radius 2 is 1.65 bits per heavy atom. The van der Waals surface area contributed by atoms with Gasteiger partial charge in [-0.15, -0.1) is 0 Å². The van der Waals surface area contributed by atoms with Crippen LogP contribution in [0.15, 0.2) is 12.1 Å². The van der Waals surface area contributed by atoms with Crippen LogP contribution in [0, 0.1) is 23.0 Å². The van der Waals surface area contributed by atoms with Crippen LogP contribution >= 0.6 is 0 Å². The fourth-order valence-corrected chi connectivity index (χ4v) is 2.05. The van der Waals surface area contributed by atoms with Crippen LogP contribution in [0.5, 0.6) is 0 Å². The third kappa shape index (κ3) is 7.94. The number of anilines is 1. The van der Waals surface area contributed by atoms with Gasteiger partial charge < -0.3 is 10.2 Å². The number of nitriles is 1. The second kappa shape index (κ2) is 11.8. The number of likely N-dealkylation sites (N-methyl/N-ethyl adjacent to an activating group) is 1. The highest BCUT2D eigenvalue weighted by Crippen LogP contribution is 2.20. The highest BCUT2D eigenvalue weighted by atomic mass is 19.1. The highest BCUT2D eigenvalue weighted by molar-refractivity contribution is 5.49. The first-order chi connectivity index (χ1) is 10.9. The number of benzene rings is 1. The summed E-state index contributed by atoms with van der Waals surface area (Å²) < 4.78 is 26.7. The molecule has 1 aromatic rings. The monoisotopic (exact) mass is 325 g/mol. The van der Waals surface area contributed by atoms with Crippen molar-refractivity contribution in [2.75, 3.05) is 25.5 Å². The first-order valence-corrected chi connectivity index (χ1v) is 8.27. The van der Waals surface area contributed by atoms with Crippen molar-refractivity contribution in [3.63, 3.8) is 0 Å². The molecule has 3 nitrogen and oxygen atoms in total. The van der Waals surface area contributed by atoms with Crippen LogP contribution in [0.4, 0.5) is 14.5 Å². The Morgan fingerprint density at radius 3 is 2.00 bits per heavy atom. The van der Waals surface area contributed by atoms with Gasteiger partial charge >= 0.3 is 0 Å². The predicted octanol–water partition coefficient (Wildman–Crippen LogP) is 4.79. The average Bonchev–Trinajstić information content (AvgIpc) is 2.85. The molecule has 0 amide bonds. The summed E-state index contributed by atoms with van der Waals surface area (Å²) in [7, 11) is 2.00. The second-order valence-electron chi connectivity index (χ2n) is 5.73. The minimum atomic E-state index is -0.818. The van der Waals surface area contributed by atoms with Gasteiger partial charge in [0.25, 0.3) is 0 Å². The van der Waals surface area contributed by atoms with E-state index in [9.17, 15) is 8.78 Å². The summed E-state index contributed by atoms with van der Waals surface area (Å²) >= 11 is 0. The minimum absolute atomic E-state index is 0.201. The fourth-order valence-electron chi connectivity index (χ4n) is 2.05. The van der Waals surface area contributed by atoms with Crippen LogP contribution < -0.4 is 5.32 Å². The molecule has 1 saturated heterocycles. The second-order valence-corrected chi connectivity index (χ2v) is 5.73. The molecule has 0 radical (unpaired) electrons. The number of hydrogen-bond donors (Lipinski definition) is 1. The van der Waals surface area contributed by atoms with Gasteiger partial charge in [0.15, 0.2) is 0 Å². The summed E-state index contributed by atoms with van der Waals surface area (Å²) in [5.41, 5.74) is -0.140. The molecule has 1 aliphatic rings. The quantitative estimate of drug-likeness (QED) is 0.850. The summed E-state index contributed by atoms with van der Waals surface area (Å²) in [5, 5.41) is 11.6. The van der Waals surface area contributed by atoms with Crippen molar-refractivity contribution in [3.8, 4) is 6.07 Å². The molecule has 1 unspecified atom stereocenters. The Hall–Kier alpha value is -1.67. The third-order valence-corrected chi connectivity index (χ3v) is 2.92. The van der Waals surface area contributed by atoms with E-state index in [2.05, 4.69) is 37.9 Å². The lowest BCUT2D eigenvalue weighted by atomic mass is 10.1. The Bertz CT molecular complexity index is 473. The van der Waals surface area contributed by atoms with Gasteiger partial charge in [-0.2, -0.15) is 5.26 Å². The molecule has 0 aliphatic carbocycles. The summed E-state index contributed by atoms with van der Waals surface area (Å²) in [6.07, 6.45) is 3.44. The molecule has 5 heteroatoms. The number of nitrogens with zero attached hydrogens (tertiary/aromatic N) is 2. The molecule has 1 fully saturated rings. The molecule has 1 heterocycles. The van der Waals surface area contributed by atoms with E-state index in [-0.39, 0.29) is 6.04 Å². The van der Waals surface area contributed by atoms with Gasteiger partial charge in [0, 0.05) is 18.3 Å². The maximum Gasteiger partial charge on any atom is 0.146 e. The van der Waals surface area contributed by atoms with Crippen LogP contribution in [0.3, 0.4) is 0 Å². The van der Waals surface area contributed by atoms with E-state index in [0.717, 1.165) is 19.5 Å². The summed E-state index contributed by atoms with van der Waals surface area (Å²) in [5.74, 6) is -1.64. The molecule has 130 valence electrons. The standard InChI is InChI=1S/C12H13F2N3.2C3H8/c1-17-3-2-8(7-17)16-9-4-11(13)10(6-15)12(14)5-9;2*1-3-2/h4-5,8,16H,2-3,7H2,1H3;2*3H2,1-2H3. The van der Waals surface area contributed by atoms with Crippen LogP contribution in [0.25, 0.3) is 0 Å². The molecular weight excluding hydrogens is 296 g/mol. The topological polar surface area (TPSA) is 39.1 Å². The van der Waals surface area contributed by atoms with Crippen molar-refractivity contribution < 1.29 is 8.78 Å². The van der Waals surface area contributed by atoms with Gasteiger partial charge in [-0.05, 0) is 32.1 Å². The van der Waals surface area contributed by atoms with Crippen molar-refractivity contribution in [1.29, 1.82) is 5.26 Å². The molecule has 1 aliphatic heterocycles. The first-order valence-electron chi connectivity index (χ1n) is 8.27. The number of rotatable bonds is 2. The number of likely N-dealkylation sites (tertiary alicyclic amines) is 1. The SMILES string of the molecule is CCC.CCC.CN1CCC(Nc2cc(F)c(C#N)c(F)c2)C1. The smallest absolute Gasteiger partial charge is 0.146 e. The van der Waals surface area contributed by atoms with Gasteiger partial charge in [-0.1, -0.05) is 40.5 Å². The molecule has 0 spiro atoms. The molecule has 23 heavy (non-hydrogen) atoms. The normalized spacial score (nSPS) is 16.5. The lowest BCUT2D eigenvalue weighted by molar-refractivity contribution is 0.414. The van der Waals surface area contributed by atoms with E-state index in [4.69, 9.17) is 5.26 Å². The number of halogens is 2. The van der Waals surface area contributed by atoms with E-state index >= 15 is 0 Å². The van der Waals surface area contributed by atoms with Gasteiger partial charge in [0.2, 0.25) is 0 Å². The lowest BCUT2D eigenvalue weighted by Gasteiger charge is -2.14. The van der Waals surface area contributed by atoms with Crippen LogP contribution in [-0.4, -0.2) is 31.1 Å². The van der Waals surface area contributed by atoms with Crippen LogP contribution in [0.1, 0.15) is 52.5 Å². The minimum Gasteiger partial charge on any atom is -0.381 e. The predicted molar refractivity (Wildman–Crippen MR) is 92.5 cm³/mol. The van der Waals surface area contributed by atoms with Crippen molar-refractivity contribution in [1.82, 2.24) is 4.90 Å². The van der Waals surface area contributed by atoms with Crippen molar-refractivity contribution in [2.24, 2.45) is 0 Å². The first kappa shape index (κ1) is 21.3. The van der Waals surface area contributed by atoms with E-state index < -0.39 is 17.2 Å². The summed E-state index contributed by atoms with van der Waals surface area (Å²) in [4.78, 5) is 2.15. The average molecular weight is 325 g/mol. The summed E-state index contributed by atoms with van der Waals surface area (Å²) in [6.45, 7) is 10.3. The van der Waals surface area contributed by atoms with Crippen LogP contribution in [0.2, 0.25) is 0 Å². The Labute approximate surface area is 139 Å². The van der Waals surface area contributed by atoms with Crippen molar-refractivity contribution in [2.45, 2.75) is 53.0 Å². The van der Waals surface area contributed by atoms with Crippen molar-refractivity contribution in [3.05, 3.63) is 29.3 Å². The molecule has 1 N–H and O–H groups in total. The highest BCUT2D eigenvalue weighted by Gasteiger charge is 2.20. The van der Waals surface area contributed by atoms with E-state index in [1.807, 2.05) is 7.05 Å². The fraction of sp³-hybridized carbons (Fsp3) is 0.611. The van der Waals surface area contributed by atoms with Gasteiger partial charge in [0.1, 0.15) is 23.3 Å². The molecule has 1 aromatic carbocycles. The van der Waals surface area contributed by atoms with E-state index in [1.165, 1.54) is 31.0 Å². The maximum atomic E-state index is 13.3.